The molecular weight excluding hydrogens is 555 g/mol. The second-order valence-corrected chi connectivity index (χ2v) is 10.4. The molecule has 1 unspecified atom stereocenters. The van der Waals surface area contributed by atoms with Crippen molar-refractivity contribution >= 4 is 52.0 Å². The fourth-order valence-corrected chi connectivity index (χ4v) is 5.31. The molecule has 4 rings (SSSR count). The van der Waals surface area contributed by atoms with E-state index in [4.69, 9.17) is 37.4 Å². The molecule has 40 heavy (non-hydrogen) atoms. The molecule has 10 heteroatoms. The highest BCUT2D eigenvalue weighted by Gasteiger charge is 2.47. The second kappa shape index (κ2) is 11.7. The van der Waals surface area contributed by atoms with Gasteiger partial charge in [0.25, 0.3) is 11.7 Å². The van der Waals surface area contributed by atoms with Crippen molar-refractivity contribution in [1.29, 1.82) is 0 Å². The van der Waals surface area contributed by atoms with Gasteiger partial charge >= 0.3 is 0 Å². The Morgan fingerprint density at radius 3 is 2.08 bits per heavy atom. The number of aliphatic hydroxyl groups is 1. The van der Waals surface area contributed by atoms with Crippen LogP contribution in [-0.2, 0) is 9.59 Å². The average Bonchev–Trinajstić information content (AvgIpc) is 3.18. The molecule has 1 fully saturated rings. The summed E-state index contributed by atoms with van der Waals surface area (Å²) >= 11 is 12.8. The zero-order chi connectivity index (χ0) is 29.3. The smallest absolute Gasteiger partial charge is 0.300 e. The van der Waals surface area contributed by atoms with Gasteiger partial charge in [0.1, 0.15) is 16.5 Å². The quantitative estimate of drug-likeness (QED) is 0.184. The Kier molecular flexibility index (Phi) is 8.51. The van der Waals surface area contributed by atoms with Crippen molar-refractivity contribution in [3.8, 4) is 17.2 Å². The number of ether oxygens (including phenoxy) is 3. The van der Waals surface area contributed by atoms with Gasteiger partial charge in [0, 0.05) is 25.5 Å². The van der Waals surface area contributed by atoms with E-state index in [1.807, 2.05) is 45.0 Å². The monoisotopic (exact) mass is 584 g/mol. The summed E-state index contributed by atoms with van der Waals surface area (Å²) in [7, 11) is 6.56. The van der Waals surface area contributed by atoms with Crippen LogP contribution in [0.3, 0.4) is 0 Å². The van der Waals surface area contributed by atoms with Gasteiger partial charge in [-0.1, -0.05) is 35.3 Å². The van der Waals surface area contributed by atoms with Gasteiger partial charge in [-0.15, -0.1) is 0 Å². The largest absolute Gasteiger partial charge is 0.507 e. The molecule has 1 aliphatic heterocycles. The molecule has 210 valence electrons. The molecule has 0 bridgehead atoms. The summed E-state index contributed by atoms with van der Waals surface area (Å²) in [6.07, 6.45) is -0.0382. The van der Waals surface area contributed by atoms with E-state index < -0.39 is 23.5 Å². The van der Waals surface area contributed by atoms with Gasteiger partial charge in [-0.3, -0.25) is 14.5 Å². The van der Waals surface area contributed by atoms with E-state index in [0.717, 1.165) is 5.69 Å². The van der Waals surface area contributed by atoms with Crippen LogP contribution in [0.4, 0.5) is 11.4 Å². The number of rotatable bonds is 8. The van der Waals surface area contributed by atoms with Crippen molar-refractivity contribution in [3.63, 3.8) is 0 Å². The van der Waals surface area contributed by atoms with Gasteiger partial charge in [-0.2, -0.15) is 0 Å². The molecule has 0 aromatic heterocycles. The van der Waals surface area contributed by atoms with Crippen molar-refractivity contribution in [2.75, 3.05) is 38.1 Å². The Morgan fingerprint density at radius 1 is 0.950 bits per heavy atom. The number of anilines is 2. The van der Waals surface area contributed by atoms with E-state index in [9.17, 15) is 14.7 Å². The summed E-state index contributed by atoms with van der Waals surface area (Å²) in [5.74, 6) is -1.33. The van der Waals surface area contributed by atoms with Crippen LogP contribution in [0.15, 0.2) is 60.2 Å². The highest BCUT2D eigenvalue weighted by Crippen LogP contribution is 2.48. The number of ketones is 1. The van der Waals surface area contributed by atoms with Crippen molar-refractivity contribution in [2.45, 2.75) is 26.0 Å². The Morgan fingerprint density at radius 2 is 1.55 bits per heavy atom. The molecule has 1 aliphatic rings. The predicted molar refractivity (Wildman–Crippen MR) is 157 cm³/mol. The SMILES string of the molecule is COc1c(Cl)cc(/C(O)=C2\C(=O)C(=O)N(c3ccc(N(C)C)cc3)C2c2ccc(OC(C)C)cc2)c(OC)c1Cl. The third-order valence-electron chi connectivity index (χ3n) is 6.45. The lowest BCUT2D eigenvalue weighted by Gasteiger charge is -2.26. The average molecular weight is 585 g/mol. The molecule has 1 N–H and O–H groups in total. The molecule has 0 saturated carbocycles. The fraction of sp³-hybridized carbons (Fsp3) is 0.267. The molecule has 1 atom stereocenters. The maximum Gasteiger partial charge on any atom is 0.300 e. The molecular formula is C30H30Cl2N2O6. The van der Waals surface area contributed by atoms with Gasteiger partial charge in [-0.25, -0.2) is 0 Å². The first-order valence-corrected chi connectivity index (χ1v) is 13.2. The maximum atomic E-state index is 13.6. The number of carbonyl (C=O) groups excluding carboxylic acids is 2. The van der Waals surface area contributed by atoms with E-state index in [0.29, 0.717) is 17.0 Å². The molecule has 1 saturated heterocycles. The molecule has 0 radical (unpaired) electrons. The Labute approximate surface area is 243 Å². The normalized spacial score (nSPS) is 16.4. The van der Waals surface area contributed by atoms with E-state index in [-0.39, 0.29) is 38.8 Å². The number of aliphatic hydroxyl groups excluding tert-OH is 1. The number of amides is 1. The summed E-state index contributed by atoms with van der Waals surface area (Å²) < 4.78 is 16.5. The van der Waals surface area contributed by atoms with E-state index in [2.05, 4.69) is 0 Å². The van der Waals surface area contributed by atoms with Crippen LogP contribution in [0.25, 0.3) is 5.76 Å². The van der Waals surface area contributed by atoms with Crippen molar-refractivity contribution in [2.24, 2.45) is 0 Å². The topological polar surface area (TPSA) is 88.5 Å². The molecule has 8 nitrogen and oxygen atoms in total. The standard InChI is InChI=1S/C30H30Cl2N2O6/c1-16(2)40-20-13-7-17(8-14-20)25-23(26(35)21-15-22(31)29(39-6)24(32)28(21)38-5)27(36)30(37)34(25)19-11-9-18(10-12-19)33(3)4/h7-16,25,35H,1-6H3/b26-23+. The minimum absolute atomic E-state index is 0.0132. The first kappa shape index (κ1) is 29.1. The van der Waals surface area contributed by atoms with Gasteiger partial charge in [0.15, 0.2) is 11.5 Å². The fourth-order valence-electron chi connectivity index (χ4n) is 4.62. The molecule has 3 aromatic carbocycles. The van der Waals surface area contributed by atoms with Crippen LogP contribution in [0.1, 0.15) is 31.0 Å². The van der Waals surface area contributed by atoms with Crippen molar-refractivity contribution in [3.05, 3.63) is 81.3 Å². The van der Waals surface area contributed by atoms with Gasteiger partial charge < -0.3 is 24.2 Å². The lowest BCUT2D eigenvalue weighted by atomic mass is 9.94. The van der Waals surface area contributed by atoms with E-state index in [1.54, 1.807) is 36.4 Å². The number of hydrogen-bond acceptors (Lipinski definition) is 7. The molecule has 1 amide bonds. The first-order valence-electron chi connectivity index (χ1n) is 12.4. The van der Waals surface area contributed by atoms with Gasteiger partial charge in [0.05, 0.1) is 42.5 Å². The Hall–Kier alpha value is -3.88. The number of hydrogen-bond donors (Lipinski definition) is 1. The second-order valence-electron chi connectivity index (χ2n) is 9.60. The minimum atomic E-state index is -0.970. The summed E-state index contributed by atoms with van der Waals surface area (Å²) in [4.78, 5) is 30.4. The number of carbonyl (C=O) groups is 2. The van der Waals surface area contributed by atoms with Crippen LogP contribution in [0.2, 0.25) is 10.0 Å². The third kappa shape index (κ3) is 5.29. The summed E-state index contributed by atoms with van der Waals surface area (Å²) in [6.45, 7) is 3.83. The zero-order valence-electron chi connectivity index (χ0n) is 23.0. The van der Waals surface area contributed by atoms with Gasteiger partial charge in [-0.05, 0) is 61.9 Å². The van der Waals surface area contributed by atoms with Crippen molar-refractivity contribution < 1.29 is 28.9 Å². The minimum Gasteiger partial charge on any atom is -0.507 e. The highest BCUT2D eigenvalue weighted by atomic mass is 35.5. The lowest BCUT2D eigenvalue weighted by Crippen LogP contribution is -2.29. The number of halogens is 2. The lowest BCUT2D eigenvalue weighted by molar-refractivity contribution is -0.132. The third-order valence-corrected chi connectivity index (χ3v) is 7.08. The van der Waals surface area contributed by atoms with Crippen LogP contribution in [0, 0.1) is 0 Å². The van der Waals surface area contributed by atoms with Crippen LogP contribution in [-0.4, -0.2) is 51.2 Å². The predicted octanol–water partition coefficient (Wildman–Crippen LogP) is 6.49. The summed E-state index contributed by atoms with van der Waals surface area (Å²) in [5, 5.41) is 11.7. The summed E-state index contributed by atoms with van der Waals surface area (Å²) in [5.41, 5.74) is 1.88. The van der Waals surface area contributed by atoms with Gasteiger partial charge in [0.2, 0.25) is 0 Å². The summed E-state index contributed by atoms with van der Waals surface area (Å²) in [6, 6.07) is 14.6. The molecule has 3 aromatic rings. The Bertz CT molecular complexity index is 1470. The maximum absolute atomic E-state index is 13.6. The molecule has 0 aliphatic carbocycles. The zero-order valence-corrected chi connectivity index (χ0v) is 24.5. The molecule has 0 spiro atoms. The highest BCUT2D eigenvalue weighted by molar-refractivity contribution is 6.52. The van der Waals surface area contributed by atoms with Crippen LogP contribution < -0.4 is 24.0 Å². The van der Waals surface area contributed by atoms with E-state index >= 15 is 0 Å². The molecule has 1 heterocycles. The number of benzene rings is 3. The number of nitrogens with zero attached hydrogens (tertiary/aromatic N) is 2. The Balaban J connectivity index is 1.96. The van der Waals surface area contributed by atoms with E-state index in [1.165, 1.54) is 25.2 Å². The van der Waals surface area contributed by atoms with Crippen LogP contribution >= 0.6 is 23.2 Å². The first-order chi connectivity index (χ1) is 19.0. The number of methoxy groups -OCH3 is 2. The number of Topliss-reactive ketones (excluding diaryl/α,β-unsaturated/α-hetero) is 1. The van der Waals surface area contributed by atoms with Crippen LogP contribution in [0.5, 0.6) is 17.2 Å². The van der Waals surface area contributed by atoms with Crippen molar-refractivity contribution in [1.82, 2.24) is 0 Å².